The first-order chi connectivity index (χ1) is 17.6. The number of benzene rings is 1. The Bertz CT molecular complexity index is 1160. The highest BCUT2D eigenvalue weighted by atomic mass is 16.8. The first-order valence-corrected chi connectivity index (χ1v) is 11.4. The SMILES string of the molecule is CO[C@H]1O[C@@H]2CO[C@@H](c3ccccc3)O[C@H]2[C@H](OC(=O)c2ccccn2)[C@H]1OC(=O)c1ccccn1. The van der Waals surface area contributed by atoms with E-state index in [0.29, 0.717) is 0 Å². The van der Waals surface area contributed by atoms with Gasteiger partial charge in [0.15, 0.2) is 24.8 Å². The van der Waals surface area contributed by atoms with Crippen LogP contribution in [0.5, 0.6) is 0 Å². The summed E-state index contributed by atoms with van der Waals surface area (Å²) in [5, 5.41) is 0. The Morgan fingerprint density at radius 1 is 0.806 bits per heavy atom. The third kappa shape index (κ3) is 5.12. The van der Waals surface area contributed by atoms with E-state index in [-0.39, 0.29) is 18.0 Å². The molecule has 2 aromatic heterocycles. The second-order valence-electron chi connectivity index (χ2n) is 8.13. The molecule has 0 bridgehead atoms. The van der Waals surface area contributed by atoms with Gasteiger partial charge in [-0.3, -0.25) is 0 Å². The van der Waals surface area contributed by atoms with Crippen molar-refractivity contribution in [3.05, 3.63) is 96.1 Å². The summed E-state index contributed by atoms with van der Waals surface area (Å²) in [7, 11) is 1.40. The van der Waals surface area contributed by atoms with Gasteiger partial charge >= 0.3 is 11.9 Å². The van der Waals surface area contributed by atoms with Gasteiger partial charge in [0.25, 0.3) is 0 Å². The number of fused-ring (bicyclic) bond motifs is 1. The number of carbonyl (C=O) groups is 2. The molecular formula is C26H24N2O8. The molecule has 10 heteroatoms. The molecule has 4 heterocycles. The van der Waals surface area contributed by atoms with Gasteiger partial charge in [-0.25, -0.2) is 19.6 Å². The summed E-state index contributed by atoms with van der Waals surface area (Å²) in [5.41, 5.74) is 0.956. The zero-order valence-electron chi connectivity index (χ0n) is 19.3. The van der Waals surface area contributed by atoms with E-state index in [1.54, 1.807) is 24.3 Å². The Kier molecular flexibility index (Phi) is 7.28. The predicted molar refractivity (Wildman–Crippen MR) is 123 cm³/mol. The van der Waals surface area contributed by atoms with Crippen LogP contribution in [-0.2, 0) is 28.4 Å². The van der Waals surface area contributed by atoms with Crippen LogP contribution in [0.25, 0.3) is 0 Å². The Labute approximate surface area is 207 Å². The lowest BCUT2D eigenvalue weighted by Gasteiger charge is -2.47. The number of pyridine rings is 2. The van der Waals surface area contributed by atoms with Gasteiger partial charge < -0.3 is 28.4 Å². The van der Waals surface area contributed by atoms with E-state index in [1.165, 1.54) is 31.6 Å². The van der Waals surface area contributed by atoms with Gasteiger partial charge in [-0.2, -0.15) is 0 Å². The average molecular weight is 492 g/mol. The molecular weight excluding hydrogens is 468 g/mol. The molecule has 0 radical (unpaired) electrons. The zero-order chi connectivity index (χ0) is 24.9. The standard InChI is InChI=1S/C26H24N2O8/c1-31-26-22(35-24(30)18-12-6-8-14-28-18)21(34-23(29)17-11-5-7-13-27-17)20-19(33-26)15-32-25(36-20)16-9-3-2-4-10-16/h2-14,19-22,25-26H,15H2,1H3/t19-,20-,21+,22-,25-,26+/m1/s1. The number of nitrogens with zero attached hydrogens (tertiary/aromatic N) is 2. The average Bonchev–Trinajstić information content (AvgIpc) is 2.95. The summed E-state index contributed by atoms with van der Waals surface area (Å²) >= 11 is 0. The number of esters is 2. The third-order valence-electron chi connectivity index (χ3n) is 5.82. The van der Waals surface area contributed by atoms with Crippen LogP contribution in [-0.4, -0.2) is 66.3 Å². The van der Waals surface area contributed by atoms with Crippen LogP contribution in [0.1, 0.15) is 32.8 Å². The topological polar surface area (TPSA) is 115 Å². The van der Waals surface area contributed by atoms with Crippen molar-refractivity contribution >= 4 is 11.9 Å². The van der Waals surface area contributed by atoms with Gasteiger partial charge in [-0.05, 0) is 24.3 Å². The van der Waals surface area contributed by atoms with Crippen LogP contribution in [0, 0.1) is 0 Å². The van der Waals surface area contributed by atoms with E-state index in [9.17, 15) is 9.59 Å². The maximum atomic E-state index is 13.0. The molecule has 5 rings (SSSR count). The number of hydrogen-bond donors (Lipinski definition) is 0. The summed E-state index contributed by atoms with van der Waals surface area (Å²) in [6.07, 6.45) is -2.57. The minimum Gasteiger partial charge on any atom is -0.451 e. The van der Waals surface area contributed by atoms with Crippen LogP contribution >= 0.6 is 0 Å². The van der Waals surface area contributed by atoms with Crippen LogP contribution in [0.2, 0.25) is 0 Å². The van der Waals surface area contributed by atoms with Crippen molar-refractivity contribution in [1.82, 2.24) is 9.97 Å². The molecule has 2 fully saturated rings. The van der Waals surface area contributed by atoms with Gasteiger partial charge in [0.2, 0.25) is 0 Å². The normalized spacial score (nSPS) is 27.5. The van der Waals surface area contributed by atoms with Crippen LogP contribution in [0.4, 0.5) is 0 Å². The molecule has 2 saturated heterocycles. The summed E-state index contributed by atoms with van der Waals surface area (Å²) in [6.45, 7) is 0.142. The fourth-order valence-electron chi connectivity index (χ4n) is 4.11. The van der Waals surface area contributed by atoms with Gasteiger partial charge in [0.1, 0.15) is 23.6 Å². The highest BCUT2D eigenvalue weighted by Gasteiger charge is 2.54. The van der Waals surface area contributed by atoms with Crippen molar-refractivity contribution < 1.29 is 38.0 Å². The van der Waals surface area contributed by atoms with E-state index in [0.717, 1.165) is 5.56 Å². The molecule has 6 atom stereocenters. The summed E-state index contributed by atoms with van der Waals surface area (Å²) in [5.74, 6) is -1.43. The van der Waals surface area contributed by atoms with Crippen molar-refractivity contribution in [2.24, 2.45) is 0 Å². The minimum atomic E-state index is -1.16. The second-order valence-corrected chi connectivity index (χ2v) is 8.13. The molecule has 36 heavy (non-hydrogen) atoms. The van der Waals surface area contributed by atoms with E-state index >= 15 is 0 Å². The maximum absolute atomic E-state index is 13.0. The number of carbonyl (C=O) groups excluding carboxylic acids is 2. The van der Waals surface area contributed by atoms with Crippen molar-refractivity contribution in [1.29, 1.82) is 0 Å². The quantitative estimate of drug-likeness (QED) is 0.476. The van der Waals surface area contributed by atoms with Crippen LogP contribution < -0.4 is 0 Å². The van der Waals surface area contributed by atoms with Crippen LogP contribution in [0.3, 0.4) is 0 Å². The molecule has 0 amide bonds. The first-order valence-electron chi connectivity index (χ1n) is 11.4. The Morgan fingerprint density at radius 2 is 1.42 bits per heavy atom. The molecule has 1 aromatic carbocycles. The highest BCUT2D eigenvalue weighted by Crippen LogP contribution is 2.37. The third-order valence-corrected chi connectivity index (χ3v) is 5.82. The van der Waals surface area contributed by atoms with Crippen LogP contribution in [0.15, 0.2) is 79.1 Å². The minimum absolute atomic E-state index is 0.0827. The lowest BCUT2D eigenvalue weighted by atomic mass is 9.97. The number of hydrogen-bond acceptors (Lipinski definition) is 10. The smallest absolute Gasteiger partial charge is 0.357 e. The van der Waals surface area contributed by atoms with Crippen molar-refractivity contribution in [2.45, 2.75) is 37.0 Å². The molecule has 0 unspecified atom stereocenters. The summed E-state index contributed by atoms with van der Waals surface area (Å²) in [6, 6.07) is 19.1. The van der Waals surface area contributed by atoms with Gasteiger partial charge in [-0.15, -0.1) is 0 Å². The molecule has 0 N–H and O–H groups in total. The van der Waals surface area contributed by atoms with E-state index in [4.69, 9.17) is 28.4 Å². The number of methoxy groups -OCH3 is 1. The monoisotopic (exact) mass is 492 g/mol. The van der Waals surface area contributed by atoms with Crippen molar-refractivity contribution in [2.75, 3.05) is 13.7 Å². The van der Waals surface area contributed by atoms with Gasteiger partial charge in [0, 0.05) is 25.1 Å². The molecule has 2 aliphatic heterocycles. The molecule has 0 spiro atoms. The largest absolute Gasteiger partial charge is 0.451 e. The highest BCUT2D eigenvalue weighted by molar-refractivity contribution is 5.88. The summed E-state index contributed by atoms with van der Waals surface area (Å²) < 4.78 is 35.2. The Hall–Kier alpha value is -3.70. The molecule has 3 aromatic rings. The maximum Gasteiger partial charge on any atom is 0.357 e. The molecule has 0 saturated carbocycles. The fraction of sp³-hybridized carbons (Fsp3) is 0.308. The summed E-state index contributed by atoms with van der Waals surface area (Å²) in [4.78, 5) is 34.0. The molecule has 0 aliphatic carbocycles. The predicted octanol–water partition coefficient (Wildman–Crippen LogP) is 2.71. The van der Waals surface area contributed by atoms with Gasteiger partial charge in [-0.1, -0.05) is 42.5 Å². The Morgan fingerprint density at radius 3 is 2.00 bits per heavy atom. The van der Waals surface area contributed by atoms with E-state index < -0.39 is 48.9 Å². The lowest BCUT2D eigenvalue weighted by Crippen LogP contribution is -2.64. The number of ether oxygens (including phenoxy) is 6. The first kappa shape index (κ1) is 24.0. The second kappa shape index (κ2) is 10.9. The zero-order valence-corrected chi connectivity index (χ0v) is 19.3. The molecule has 10 nitrogen and oxygen atoms in total. The lowest BCUT2D eigenvalue weighted by molar-refractivity contribution is -0.356. The van der Waals surface area contributed by atoms with Gasteiger partial charge in [0.05, 0.1) is 6.61 Å². The fourth-order valence-corrected chi connectivity index (χ4v) is 4.11. The van der Waals surface area contributed by atoms with Crippen molar-refractivity contribution in [3.63, 3.8) is 0 Å². The van der Waals surface area contributed by atoms with Crippen molar-refractivity contribution in [3.8, 4) is 0 Å². The molecule has 186 valence electrons. The van der Waals surface area contributed by atoms with E-state index in [2.05, 4.69) is 9.97 Å². The Balaban J connectivity index is 1.46. The van der Waals surface area contributed by atoms with E-state index in [1.807, 2.05) is 30.3 Å². The number of aromatic nitrogens is 2. The molecule has 2 aliphatic rings. The number of rotatable bonds is 6.